The number of fused-ring (bicyclic) bond motifs is 3. The molecule has 2 aromatic heterocycles. The number of aryl methyl sites for hydroxylation is 1. The quantitative estimate of drug-likeness (QED) is 0.608. The van der Waals surface area contributed by atoms with Crippen LogP contribution in [0.2, 0.25) is 0 Å². The van der Waals surface area contributed by atoms with Crippen LogP contribution in [0, 0.1) is 0 Å². The number of hydrogen-bond donors (Lipinski definition) is 2. The fraction of sp³-hybridized carbons (Fsp3) is 0.389. The van der Waals surface area contributed by atoms with E-state index in [2.05, 4.69) is 15.3 Å². The van der Waals surface area contributed by atoms with Gasteiger partial charge in [-0.1, -0.05) is 25.5 Å². The highest BCUT2D eigenvalue weighted by Gasteiger charge is 2.14. The average Bonchev–Trinajstić information content (AvgIpc) is 2.96. The van der Waals surface area contributed by atoms with Gasteiger partial charge in [-0.3, -0.25) is 4.79 Å². The first-order valence-electron chi connectivity index (χ1n) is 8.33. The molecule has 0 saturated carbocycles. The number of carboxylic acid groups (broad SMARTS) is 1. The maximum absolute atomic E-state index is 10.5. The summed E-state index contributed by atoms with van der Waals surface area (Å²) in [5, 5.41) is 13.0. The third-order valence-electron chi connectivity index (χ3n) is 3.94. The lowest BCUT2D eigenvalue weighted by atomic mass is 10.2. The molecule has 24 heavy (non-hydrogen) atoms. The first-order chi connectivity index (χ1) is 11.7. The topological polar surface area (TPSA) is 88.2 Å². The van der Waals surface area contributed by atoms with Crippen molar-refractivity contribution in [3.8, 4) is 0 Å². The second kappa shape index (κ2) is 7.29. The lowest BCUT2D eigenvalue weighted by Crippen LogP contribution is -2.06. The average molecular weight is 327 g/mol. The van der Waals surface area contributed by atoms with Gasteiger partial charge in [-0.15, -0.1) is 0 Å². The molecule has 0 spiro atoms. The molecule has 3 rings (SSSR count). The van der Waals surface area contributed by atoms with Gasteiger partial charge in [-0.05, 0) is 25.0 Å². The number of aromatic nitrogens is 2. The van der Waals surface area contributed by atoms with Gasteiger partial charge >= 0.3 is 5.97 Å². The number of benzene rings is 1. The summed E-state index contributed by atoms with van der Waals surface area (Å²) < 4.78 is 5.93. The molecule has 6 nitrogen and oxygen atoms in total. The second-order valence-electron chi connectivity index (χ2n) is 5.75. The van der Waals surface area contributed by atoms with Crippen LogP contribution in [0.3, 0.4) is 0 Å². The number of carboxylic acids is 1. The standard InChI is InChI=1S/C18H21N3O3/c1-2-14-20-16-12-8-5-6-9-13(12)24-17(16)18(21-14)19-11-7-3-4-10-15(22)23/h5-6,8-9H,2-4,7,10-11H2,1H3,(H,22,23)(H,19,20,21). The van der Waals surface area contributed by atoms with Crippen LogP contribution in [0.25, 0.3) is 22.1 Å². The summed E-state index contributed by atoms with van der Waals surface area (Å²) >= 11 is 0. The van der Waals surface area contributed by atoms with Crippen molar-refractivity contribution in [2.75, 3.05) is 11.9 Å². The van der Waals surface area contributed by atoms with E-state index in [1.54, 1.807) is 0 Å². The Morgan fingerprint density at radius 1 is 1.21 bits per heavy atom. The van der Waals surface area contributed by atoms with Gasteiger partial charge in [0.15, 0.2) is 11.4 Å². The maximum atomic E-state index is 10.5. The van der Waals surface area contributed by atoms with Crippen LogP contribution in [0.1, 0.15) is 38.4 Å². The lowest BCUT2D eigenvalue weighted by Gasteiger charge is -2.07. The zero-order valence-electron chi connectivity index (χ0n) is 13.7. The maximum Gasteiger partial charge on any atom is 0.303 e. The van der Waals surface area contributed by atoms with Crippen LogP contribution in [0.4, 0.5) is 5.82 Å². The fourth-order valence-electron chi connectivity index (χ4n) is 2.70. The molecule has 2 N–H and O–H groups in total. The number of para-hydroxylation sites is 1. The molecule has 0 atom stereocenters. The molecule has 0 aliphatic heterocycles. The molecule has 2 heterocycles. The molecule has 3 aromatic rings. The Balaban J connectivity index is 1.78. The van der Waals surface area contributed by atoms with Crippen LogP contribution >= 0.6 is 0 Å². The van der Waals surface area contributed by atoms with E-state index in [0.29, 0.717) is 17.8 Å². The highest BCUT2D eigenvalue weighted by atomic mass is 16.4. The van der Waals surface area contributed by atoms with Gasteiger partial charge in [-0.25, -0.2) is 9.97 Å². The SMILES string of the molecule is CCc1nc(NCCCCCC(=O)O)c2oc3ccccc3c2n1. The molecule has 0 radical (unpaired) electrons. The normalized spacial score (nSPS) is 11.2. The molecule has 0 unspecified atom stereocenters. The first-order valence-corrected chi connectivity index (χ1v) is 8.33. The van der Waals surface area contributed by atoms with Crippen LogP contribution in [-0.2, 0) is 11.2 Å². The first kappa shape index (κ1) is 16.2. The Hall–Kier alpha value is -2.63. The zero-order valence-corrected chi connectivity index (χ0v) is 13.7. The molecule has 0 amide bonds. The van der Waals surface area contributed by atoms with Crippen molar-refractivity contribution in [2.45, 2.75) is 39.0 Å². The van der Waals surface area contributed by atoms with Gasteiger partial charge in [0.25, 0.3) is 0 Å². The van der Waals surface area contributed by atoms with Crippen LogP contribution in [0.5, 0.6) is 0 Å². The van der Waals surface area contributed by atoms with Gasteiger partial charge in [-0.2, -0.15) is 0 Å². The summed E-state index contributed by atoms with van der Waals surface area (Å²) in [5.41, 5.74) is 2.32. The highest BCUT2D eigenvalue weighted by molar-refractivity contribution is 6.05. The molecule has 0 aliphatic rings. The summed E-state index contributed by atoms with van der Waals surface area (Å²) in [6, 6.07) is 7.84. The van der Waals surface area contributed by atoms with Crippen molar-refractivity contribution in [3.63, 3.8) is 0 Å². The van der Waals surface area contributed by atoms with Crippen molar-refractivity contribution in [2.24, 2.45) is 0 Å². The number of carbonyl (C=O) groups is 1. The van der Waals surface area contributed by atoms with E-state index >= 15 is 0 Å². The Bertz CT molecular complexity index is 857. The minimum Gasteiger partial charge on any atom is -0.481 e. The molecule has 126 valence electrons. The second-order valence-corrected chi connectivity index (χ2v) is 5.75. The van der Waals surface area contributed by atoms with Crippen LogP contribution in [-0.4, -0.2) is 27.6 Å². The monoisotopic (exact) mass is 327 g/mol. The number of unbranched alkanes of at least 4 members (excludes halogenated alkanes) is 2. The van der Waals surface area contributed by atoms with E-state index < -0.39 is 5.97 Å². The molecular weight excluding hydrogens is 306 g/mol. The number of aliphatic carboxylic acids is 1. The summed E-state index contributed by atoms with van der Waals surface area (Å²) in [5.74, 6) is 0.754. The zero-order chi connectivity index (χ0) is 16.9. The fourth-order valence-corrected chi connectivity index (χ4v) is 2.70. The minimum atomic E-state index is -0.740. The largest absolute Gasteiger partial charge is 0.481 e. The Labute approximate surface area is 139 Å². The molecule has 0 bridgehead atoms. The van der Waals surface area contributed by atoms with E-state index in [0.717, 1.165) is 48.1 Å². The summed E-state index contributed by atoms with van der Waals surface area (Å²) in [6.07, 6.45) is 3.43. The number of anilines is 1. The molecule has 0 aliphatic carbocycles. The van der Waals surface area contributed by atoms with E-state index in [4.69, 9.17) is 9.52 Å². The van der Waals surface area contributed by atoms with E-state index in [9.17, 15) is 4.79 Å². The van der Waals surface area contributed by atoms with Gasteiger partial charge < -0.3 is 14.8 Å². The van der Waals surface area contributed by atoms with Crippen molar-refractivity contribution in [3.05, 3.63) is 30.1 Å². The van der Waals surface area contributed by atoms with Crippen LogP contribution < -0.4 is 5.32 Å². The highest BCUT2D eigenvalue weighted by Crippen LogP contribution is 2.31. The summed E-state index contributed by atoms with van der Waals surface area (Å²) in [4.78, 5) is 19.7. The van der Waals surface area contributed by atoms with E-state index in [-0.39, 0.29) is 6.42 Å². The van der Waals surface area contributed by atoms with E-state index in [1.165, 1.54) is 0 Å². The number of furan rings is 1. The summed E-state index contributed by atoms with van der Waals surface area (Å²) in [7, 11) is 0. The minimum absolute atomic E-state index is 0.224. The van der Waals surface area contributed by atoms with Crippen LogP contribution in [0.15, 0.2) is 28.7 Å². The number of hydrogen-bond acceptors (Lipinski definition) is 5. The molecule has 0 saturated heterocycles. The van der Waals surface area contributed by atoms with E-state index in [1.807, 2.05) is 31.2 Å². The molecular formula is C18H21N3O3. The van der Waals surface area contributed by atoms with Gasteiger partial charge in [0.05, 0.1) is 0 Å². The molecule has 0 fully saturated rings. The third kappa shape index (κ3) is 3.48. The van der Waals surface area contributed by atoms with Crippen molar-refractivity contribution in [1.82, 2.24) is 9.97 Å². The third-order valence-corrected chi connectivity index (χ3v) is 3.94. The molecule has 6 heteroatoms. The van der Waals surface area contributed by atoms with Crippen molar-refractivity contribution in [1.29, 1.82) is 0 Å². The number of nitrogens with zero attached hydrogens (tertiary/aromatic N) is 2. The predicted molar refractivity (Wildman–Crippen MR) is 93.3 cm³/mol. The predicted octanol–water partition coefficient (Wildman–Crippen LogP) is 4.00. The van der Waals surface area contributed by atoms with Crippen molar-refractivity contribution < 1.29 is 14.3 Å². The number of rotatable bonds is 8. The molecule has 1 aromatic carbocycles. The Kier molecular flexibility index (Phi) is 4.93. The van der Waals surface area contributed by atoms with Gasteiger partial charge in [0.2, 0.25) is 0 Å². The van der Waals surface area contributed by atoms with Crippen molar-refractivity contribution >= 4 is 33.9 Å². The Morgan fingerprint density at radius 2 is 2.04 bits per heavy atom. The summed E-state index contributed by atoms with van der Waals surface area (Å²) in [6.45, 7) is 2.76. The lowest BCUT2D eigenvalue weighted by molar-refractivity contribution is -0.137. The smallest absolute Gasteiger partial charge is 0.303 e. The van der Waals surface area contributed by atoms with Gasteiger partial charge in [0, 0.05) is 24.8 Å². The number of nitrogens with one attached hydrogen (secondary N) is 1. The van der Waals surface area contributed by atoms with Gasteiger partial charge in [0.1, 0.15) is 16.9 Å². The Morgan fingerprint density at radius 3 is 2.83 bits per heavy atom.